The molecule has 0 aromatic rings. The maximum absolute atomic E-state index is 8.51. The van der Waals surface area contributed by atoms with E-state index >= 15 is 0 Å². The fraction of sp³-hybridized carbons (Fsp3) is 1.00. The number of aliphatic hydroxyl groups is 1. The van der Waals surface area contributed by atoms with Crippen molar-refractivity contribution in [2.75, 3.05) is 66.1 Å². The van der Waals surface area contributed by atoms with Gasteiger partial charge in [-0.25, -0.2) is 0 Å². The van der Waals surface area contributed by atoms with Crippen LogP contribution < -0.4 is 0 Å². The fourth-order valence-corrected chi connectivity index (χ4v) is 2.27. The summed E-state index contributed by atoms with van der Waals surface area (Å²) in [5.74, 6) is 0. The maximum atomic E-state index is 8.51. The summed E-state index contributed by atoms with van der Waals surface area (Å²) in [5, 5.41) is 8.51. The zero-order valence-corrected chi connectivity index (χ0v) is 13.7. The molecule has 0 saturated carbocycles. The Bertz CT molecular complexity index is 221. The molecule has 0 spiro atoms. The van der Waals surface area contributed by atoms with Crippen LogP contribution in [0.5, 0.6) is 0 Å². The van der Waals surface area contributed by atoms with Crippen LogP contribution in [0.25, 0.3) is 0 Å². The Balaban J connectivity index is 1.68. The summed E-state index contributed by atoms with van der Waals surface area (Å²) in [7, 11) is 0. The lowest BCUT2D eigenvalue weighted by molar-refractivity contribution is -0.0112. The molecule has 22 heavy (non-hydrogen) atoms. The van der Waals surface area contributed by atoms with E-state index in [1.165, 1.54) is 19.3 Å². The molecule has 1 heterocycles. The minimum atomic E-state index is 0.0524. The van der Waals surface area contributed by atoms with E-state index in [0.29, 0.717) is 52.4 Å². The van der Waals surface area contributed by atoms with Gasteiger partial charge >= 0.3 is 0 Å². The molecule has 132 valence electrons. The molecule has 0 aromatic heterocycles. The van der Waals surface area contributed by atoms with Crippen LogP contribution in [0.4, 0.5) is 0 Å². The lowest BCUT2D eigenvalue weighted by atomic mass is 10.1. The Labute approximate surface area is 134 Å². The monoisotopic (exact) mass is 320 g/mol. The number of rotatable bonds is 15. The van der Waals surface area contributed by atoms with Gasteiger partial charge in [0.05, 0.1) is 59.0 Å². The van der Waals surface area contributed by atoms with Crippen molar-refractivity contribution in [3.63, 3.8) is 0 Å². The Morgan fingerprint density at radius 1 is 0.773 bits per heavy atom. The quantitative estimate of drug-likeness (QED) is 0.460. The predicted molar refractivity (Wildman–Crippen MR) is 83.2 cm³/mol. The van der Waals surface area contributed by atoms with E-state index in [9.17, 15) is 0 Å². The van der Waals surface area contributed by atoms with Gasteiger partial charge in [-0.1, -0.05) is 0 Å². The number of hydrogen-bond acceptors (Lipinski definition) is 6. The highest BCUT2D eigenvalue weighted by Gasteiger charge is 2.12. The van der Waals surface area contributed by atoms with Gasteiger partial charge in [0.15, 0.2) is 0 Å². The third-order valence-corrected chi connectivity index (χ3v) is 3.44. The summed E-state index contributed by atoms with van der Waals surface area (Å²) < 4.78 is 27.0. The largest absolute Gasteiger partial charge is 0.394 e. The first-order valence-corrected chi connectivity index (χ1v) is 8.47. The van der Waals surface area contributed by atoms with Crippen molar-refractivity contribution in [1.82, 2.24) is 0 Å². The zero-order chi connectivity index (χ0) is 15.7. The molecule has 1 unspecified atom stereocenters. The van der Waals surface area contributed by atoms with Crippen molar-refractivity contribution in [2.45, 2.75) is 38.2 Å². The van der Waals surface area contributed by atoms with Crippen molar-refractivity contribution in [3.05, 3.63) is 0 Å². The van der Waals surface area contributed by atoms with Crippen molar-refractivity contribution < 1.29 is 28.8 Å². The zero-order valence-electron chi connectivity index (χ0n) is 13.7. The van der Waals surface area contributed by atoms with Crippen LogP contribution in [0, 0.1) is 0 Å². The average Bonchev–Trinajstić information content (AvgIpc) is 2.56. The second kappa shape index (κ2) is 15.6. The maximum Gasteiger partial charge on any atom is 0.0701 e. The summed E-state index contributed by atoms with van der Waals surface area (Å²) in [6, 6.07) is 0. The third kappa shape index (κ3) is 12.3. The summed E-state index contributed by atoms with van der Waals surface area (Å²) in [5.41, 5.74) is 0. The molecular weight excluding hydrogens is 288 g/mol. The summed E-state index contributed by atoms with van der Waals surface area (Å²) >= 11 is 0. The van der Waals surface area contributed by atoms with E-state index in [1.807, 2.05) is 0 Å². The molecule has 0 amide bonds. The van der Waals surface area contributed by atoms with Crippen molar-refractivity contribution in [3.8, 4) is 0 Å². The first-order valence-electron chi connectivity index (χ1n) is 8.47. The molecule has 0 bridgehead atoms. The minimum Gasteiger partial charge on any atom is -0.394 e. The van der Waals surface area contributed by atoms with E-state index in [-0.39, 0.29) is 6.61 Å². The molecule has 1 saturated heterocycles. The number of hydrogen-bond donors (Lipinski definition) is 1. The van der Waals surface area contributed by atoms with E-state index in [2.05, 4.69) is 0 Å². The summed E-state index contributed by atoms with van der Waals surface area (Å²) in [6.45, 7) is 5.52. The highest BCUT2D eigenvalue weighted by atomic mass is 16.6. The number of aliphatic hydroxyl groups excluding tert-OH is 1. The highest BCUT2D eigenvalue weighted by Crippen LogP contribution is 2.16. The van der Waals surface area contributed by atoms with Gasteiger partial charge < -0.3 is 28.8 Å². The molecule has 1 atom stereocenters. The SMILES string of the molecule is OCCOCCOCCOCCOCCCC1CCCCO1. The second-order valence-electron chi connectivity index (χ2n) is 5.30. The summed E-state index contributed by atoms with van der Waals surface area (Å²) in [6.07, 6.45) is 6.33. The van der Waals surface area contributed by atoms with Gasteiger partial charge in [-0.3, -0.25) is 0 Å². The number of ether oxygens (including phenoxy) is 5. The standard InChI is InChI=1S/C16H32O6/c17-6-9-19-11-13-21-15-14-20-12-10-18-7-3-5-16-4-1-2-8-22-16/h16-17H,1-15H2. The van der Waals surface area contributed by atoms with Crippen LogP contribution in [0.3, 0.4) is 0 Å². The van der Waals surface area contributed by atoms with Crippen LogP contribution in [0.15, 0.2) is 0 Å². The summed E-state index contributed by atoms with van der Waals surface area (Å²) in [4.78, 5) is 0. The molecule has 1 aliphatic heterocycles. The van der Waals surface area contributed by atoms with Gasteiger partial charge in [0.2, 0.25) is 0 Å². The molecule has 1 fully saturated rings. The molecule has 1 N–H and O–H groups in total. The van der Waals surface area contributed by atoms with Crippen LogP contribution in [-0.2, 0) is 23.7 Å². The van der Waals surface area contributed by atoms with E-state index in [0.717, 1.165) is 26.1 Å². The van der Waals surface area contributed by atoms with Crippen LogP contribution in [0.2, 0.25) is 0 Å². The van der Waals surface area contributed by atoms with E-state index in [1.54, 1.807) is 0 Å². The van der Waals surface area contributed by atoms with E-state index in [4.69, 9.17) is 28.8 Å². The van der Waals surface area contributed by atoms with Gasteiger partial charge in [-0.2, -0.15) is 0 Å². The first kappa shape index (κ1) is 19.8. The fourth-order valence-electron chi connectivity index (χ4n) is 2.27. The predicted octanol–water partition coefficient (Wildman–Crippen LogP) is 1.39. The van der Waals surface area contributed by atoms with Crippen molar-refractivity contribution >= 4 is 0 Å². The van der Waals surface area contributed by atoms with Crippen LogP contribution in [-0.4, -0.2) is 77.3 Å². The third-order valence-electron chi connectivity index (χ3n) is 3.44. The molecule has 0 aliphatic carbocycles. The lowest BCUT2D eigenvalue weighted by Crippen LogP contribution is -2.19. The Hall–Kier alpha value is -0.240. The topological polar surface area (TPSA) is 66.4 Å². The van der Waals surface area contributed by atoms with Crippen molar-refractivity contribution in [1.29, 1.82) is 0 Å². The van der Waals surface area contributed by atoms with E-state index < -0.39 is 0 Å². The molecule has 1 rings (SSSR count). The molecule has 0 aromatic carbocycles. The Kier molecular flexibility index (Phi) is 14.1. The second-order valence-corrected chi connectivity index (χ2v) is 5.30. The molecule has 6 heteroatoms. The molecule has 1 aliphatic rings. The smallest absolute Gasteiger partial charge is 0.0701 e. The van der Waals surface area contributed by atoms with Gasteiger partial charge in [0, 0.05) is 13.2 Å². The molecule has 6 nitrogen and oxygen atoms in total. The Morgan fingerprint density at radius 2 is 1.36 bits per heavy atom. The first-order chi connectivity index (χ1) is 10.9. The van der Waals surface area contributed by atoms with Crippen LogP contribution in [0.1, 0.15) is 32.1 Å². The Morgan fingerprint density at radius 3 is 1.91 bits per heavy atom. The highest BCUT2D eigenvalue weighted by molar-refractivity contribution is 4.63. The lowest BCUT2D eigenvalue weighted by Gasteiger charge is -2.22. The van der Waals surface area contributed by atoms with Crippen LogP contribution >= 0.6 is 0 Å². The molecular formula is C16H32O6. The average molecular weight is 320 g/mol. The van der Waals surface area contributed by atoms with Gasteiger partial charge in [-0.05, 0) is 32.1 Å². The minimum absolute atomic E-state index is 0.0524. The van der Waals surface area contributed by atoms with Gasteiger partial charge in [0.25, 0.3) is 0 Å². The van der Waals surface area contributed by atoms with Gasteiger partial charge in [-0.15, -0.1) is 0 Å². The normalized spacial score (nSPS) is 18.7. The molecule has 0 radical (unpaired) electrons. The van der Waals surface area contributed by atoms with Crippen molar-refractivity contribution in [2.24, 2.45) is 0 Å². The van der Waals surface area contributed by atoms with Gasteiger partial charge in [0.1, 0.15) is 0 Å².